The van der Waals surface area contributed by atoms with Crippen molar-refractivity contribution in [3.63, 3.8) is 0 Å². The number of nitrogens with two attached hydrogens (primary N) is 1. The first-order chi connectivity index (χ1) is 12.1. The van der Waals surface area contributed by atoms with Crippen molar-refractivity contribution in [1.82, 2.24) is 4.57 Å². The number of hydrogen-bond acceptors (Lipinski definition) is 7. The fraction of sp³-hybridized carbons (Fsp3) is 0.312. The van der Waals surface area contributed by atoms with Gasteiger partial charge in [0.2, 0.25) is 0 Å². The molecule has 0 aliphatic rings. The van der Waals surface area contributed by atoms with Gasteiger partial charge in [-0.15, -0.1) is 10.2 Å². The molecule has 0 amide bonds. The number of aromatic hydroxyl groups is 1. The molecule has 1 aromatic carbocycles. The van der Waals surface area contributed by atoms with Gasteiger partial charge >= 0.3 is 0 Å². The van der Waals surface area contributed by atoms with E-state index in [0.29, 0.717) is 24.1 Å². The average Bonchev–Trinajstić information content (AvgIpc) is 2.56. The van der Waals surface area contributed by atoms with Crippen molar-refractivity contribution in [3.05, 3.63) is 39.7 Å². The molecule has 0 unspecified atom stereocenters. The minimum atomic E-state index is -4.54. The molecule has 0 saturated heterocycles. The van der Waals surface area contributed by atoms with Gasteiger partial charge in [0.15, 0.2) is 11.6 Å². The van der Waals surface area contributed by atoms with Crippen LogP contribution in [0, 0.1) is 13.8 Å². The minimum Gasteiger partial charge on any atom is -0.494 e. The minimum absolute atomic E-state index is 0.0301. The number of benzene rings is 1. The molecule has 1 aromatic heterocycles. The second-order valence-electron chi connectivity index (χ2n) is 5.78. The van der Waals surface area contributed by atoms with Gasteiger partial charge in [0.25, 0.3) is 15.7 Å². The van der Waals surface area contributed by atoms with Crippen molar-refractivity contribution in [1.29, 1.82) is 0 Å². The highest BCUT2D eigenvalue weighted by Crippen LogP contribution is 2.30. The molecule has 0 saturated carbocycles. The number of azo groups is 1. The monoisotopic (exact) mass is 380 g/mol. The van der Waals surface area contributed by atoms with E-state index in [2.05, 4.69) is 10.2 Å². The van der Waals surface area contributed by atoms with E-state index in [1.165, 1.54) is 16.7 Å². The van der Waals surface area contributed by atoms with Crippen LogP contribution in [0.2, 0.25) is 0 Å². The lowest BCUT2D eigenvalue weighted by atomic mass is 10.1. The van der Waals surface area contributed by atoms with E-state index in [1.807, 2.05) is 6.92 Å². The molecule has 10 heteroatoms. The molecule has 0 fully saturated rings. The second kappa shape index (κ2) is 7.26. The molecule has 26 heavy (non-hydrogen) atoms. The fourth-order valence-electron chi connectivity index (χ4n) is 2.42. The SMILES string of the molecule is CCCn1c(O)c(C)c(C)c(N=Nc2cc(N)ccc2S(=O)(=O)O)c1=O. The summed E-state index contributed by atoms with van der Waals surface area (Å²) in [5.74, 6) is -0.143. The Labute approximate surface area is 150 Å². The summed E-state index contributed by atoms with van der Waals surface area (Å²) < 4.78 is 33.4. The quantitative estimate of drug-likeness (QED) is 0.413. The van der Waals surface area contributed by atoms with Crippen LogP contribution in [0.5, 0.6) is 5.88 Å². The van der Waals surface area contributed by atoms with E-state index < -0.39 is 20.6 Å². The van der Waals surface area contributed by atoms with Crippen LogP contribution in [0.3, 0.4) is 0 Å². The predicted molar refractivity (Wildman–Crippen MR) is 97.0 cm³/mol. The van der Waals surface area contributed by atoms with E-state index in [9.17, 15) is 22.9 Å². The second-order valence-corrected chi connectivity index (χ2v) is 7.17. The van der Waals surface area contributed by atoms with E-state index >= 15 is 0 Å². The highest BCUT2D eigenvalue weighted by Gasteiger charge is 2.18. The number of aromatic nitrogens is 1. The number of hydrogen-bond donors (Lipinski definition) is 3. The standard InChI is InChI=1S/C16H20N4O5S/c1-4-7-20-15(21)10(3)9(2)14(16(20)22)19-18-12-8-11(17)5-6-13(12)26(23,24)25/h5-6,8,21H,4,7,17H2,1-3H3,(H,23,24,25). The molecule has 0 aliphatic carbocycles. The third-order valence-corrected chi connectivity index (χ3v) is 4.82. The van der Waals surface area contributed by atoms with E-state index in [4.69, 9.17) is 5.73 Å². The maximum absolute atomic E-state index is 12.6. The van der Waals surface area contributed by atoms with Gasteiger partial charge in [-0.2, -0.15) is 8.42 Å². The summed E-state index contributed by atoms with van der Waals surface area (Å²) in [6, 6.07) is 3.62. The fourth-order valence-corrected chi connectivity index (χ4v) is 3.02. The lowest BCUT2D eigenvalue weighted by molar-refractivity contribution is 0.400. The first kappa shape index (κ1) is 19.6. The van der Waals surface area contributed by atoms with Crippen LogP contribution in [0.1, 0.15) is 24.5 Å². The zero-order valence-electron chi connectivity index (χ0n) is 14.6. The van der Waals surface area contributed by atoms with Crippen molar-refractivity contribution in [2.24, 2.45) is 10.2 Å². The van der Waals surface area contributed by atoms with Crippen LogP contribution in [-0.2, 0) is 16.7 Å². The molecule has 0 bridgehead atoms. The van der Waals surface area contributed by atoms with Gasteiger partial charge in [-0.25, -0.2) is 0 Å². The Balaban J connectivity index is 2.67. The zero-order valence-corrected chi connectivity index (χ0v) is 15.4. The highest BCUT2D eigenvalue weighted by molar-refractivity contribution is 7.86. The normalized spacial score (nSPS) is 12.0. The van der Waals surface area contributed by atoms with E-state index in [-0.39, 0.29) is 22.9 Å². The van der Waals surface area contributed by atoms with Crippen LogP contribution in [0.25, 0.3) is 0 Å². The van der Waals surface area contributed by atoms with Crippen molar-refractivity contribution in [2.45, 2.75) is 38.6 Å². The Morgan fingerprint density at radius 2 is 1.85 bits per heavy atom. The number of pyridine rings is 1. The van der Waals surface area contributed by atoms with Gasteiger partial charge in [0, 0.05) is 17.8 Å². The number of rotatable bonds is 5. The maximum atomic E-state index is 12.6. The average molecular weight is 380 g/mol. The molecule has 2 aromatic rings. The van der Waals surface area contributed by atoms with E-state index in [1.54, 1.807) is 13.8 Å². The molecule has 0 atom stereocenters. The Hall–Kier alpha value is -2.72. The Kier molecular flexibility index (Phi) is 5.47. The number of nitrogen functional groups attached to an aromatic ring is 1. The third-order valence-electron chi connectivity index (χ3n) is 3.92. The summed E-state index contributed by atoms with van der Waals surface area (Å²) in [5.41, 5.74) is 5.96. The molecular formula is C16H20N4O5S. The van der Waals surface area contributed by atoms with Gasteiger partial charge in [-0.3, -0.25) is 13.9 Å². The third kappa shape index (κ3) is 3.75. The van der Waals surface area contributed by atoms with Crippen LogP contribution in [-0.4, -0.2) is 22.6 Å². The summed E-state index contributed by atoms with van der Waals surface area (Å²) in [7, 11) is -4.54. The van der Waals surface area contributed by atoms with Crippen LogP contribution in [0.15, 0.2) is 38.1 Å². The smallest absolute Gasteiger partial charge is 0.296 e. The summed E-state index contributed by atoms with van der Waals surface area (Å²) >= 11 is 0. The molecule has 1 heterocycles. The first-order valence-corrected chi connectivity index (χ1v) is 9.23. The van der Waals surface area contributed by atoms with Crippen molar-refractivity contribution in [3.8, 4) is 5.88 Å². The van der Waals surface area contributed by atoms with Crippen molar-refractivity contribution >= 4 is 27.2 Å². The lowest BCUT2D eigenvalue weighted by Gasteiger charge is -2.13. The summed E-state index contributed by atoms with van der Waals surface area (Å²) in [5, 5.41) is 17.8. The molecule has 0 aliphatic heterocycles. The van der Waals surface area contributed by atoms with Gasteiger partial charge in [0.1, 0.15) is 10.6 Å². The summed E-state index contributed by atoms with van der Waals surface area (Å²) in [6.45, 7) is 5.39. The number of anilines is 1. The Morgan fingerprint density at radius 1 is 1.19 bits per heavy atom. The first-order valence-electron chi connectivity index (χ1n) is 7.79. The Bertz CT molecular complexity index is 1040. The predicted octanol–water partition coefficient (Wildman–Crippen LogP) is 2.83. The molecule has 4 N–H and O–H groups in total. The highest BCUT2D eigenvalue weighted by atomic mass is 32.2. The Morgan fingerprint density at radius 3 is 2.42 bits per heavy atom. The van der Waals surface area contributed by atoms with Crippen molar-refractivity contribution in [2.75, 3.05) is 5.73 Å². The van der Waals surface area contributed by atoms with Gasteiger partial charge < -0.3 is 10.8 Å². The van der Waals surface area contributed by atoms with E-state index in [0.717, 1.165) is 6.07 Å². The number of nitrogens with zero attached hydrogens (tertiary/aromatic N) is 3. The van der Waals surface area contributed by atoms with Crippen molar-refractivity contribution < 1.29 is 18.1 Å². The molecule has 0 radical (unpaired) electrons. The molecule has 2 rings (SSSR count). The molecule has 140 valence electrons. The van der Waals surface area contributed by atoms with Gasteiger partial charge in [0.05, 0.1) is 0 Å². The molecule has 9 nitrogen and oxygen atoms in total. The molecule has 0 spiro atoms. The van der Waals surface area contributed by atoms with Crippen LogP contribution in [0.4, 0.5) is 17.1 Å². The molecular weight excluding hydrogens is 360 g/mol. The summed E-state index contributed by atoms with van der Waals surface area (Å²) in [4.78, 5) is 12.1. The van der Waals surface area contributed by atoms with Gasteiger partial charge in [-0.1, -0.05) is 6.92 Å². The lowest BCUT2D eigenvalue weighted by Crippen LogP contribution is -2.21. The maximum Gasteiger partial charge on any atom is 0.296 e. The van der Waals surface area contributed by atoms with Gasteiger partial charge in [-0.05, 0) is 44.0 Å². The van der Waals surface area contributed by atoms with Crippen LogP contribution >= 0.6 is 0 Å². The topological polar surface area (TPSA) is 147 Å². The largest absolute Gasteiger partial charge is 0.494 e. The van der Waals surface area contributed by atoms with Crippen LogP contribution < -0.4 is 11.3 Å². The zero-order chi connectivity index (χ0) is 19.6. The summed E-state index contributed by atoms with van der Waals surface area (Å²) in [6.07, 6.45) is 0.620.